The first-order valence-electron chi connectivity index (χ1n) is 7.82. The van der Waals surface area contributed by atoms with Gasteiger partial charge < -0.3 is 15.0 Å². The Balaban J connectivity index is 2.06. The summed E-state index contributed by atoms with van der Waals surface area (Å²) in [5.74, 6) is 0. The van der Waals surface area contributed by atoms with Crippen molar-refractivity contribution in [3.8, 4) is 0 Å². The van der Waals surface area contributed by atoms with Crippen LogP contribution in [0.15, 0.2) is 34.7 Å². The molecule has 2 aromatic rings. The highest BCUT2D eigenvalue weighted by atomic mass is 32.1. The van der Waals surface area contributed by atoms with Crippen LogP contribution in [0, 0.1) is 0 Å². The Hall–Kier alpha value is -0.985. The van der Waals surface area contributed by atoms with Crippen molar-refractivity contribution in [3.63, 3.8) is 0 Å². The van der Waals surface area contributed by atoms with Gasteiger partial charge in [0.05, 0.1) is 11.2 Å². The molecule has 1 aliphatic rings. The molecule has 3 nitrogen and oxygen atoms in total. The maximum atomic E-state index is 15.4. The van der Waals surface area contributed by atoms with Crippen LogP contribution in [0.2, 0.25) is 0 Å². The van der Waals surface area contributed by atoms with Crippen LogP contribution in [0.5, 0.6) is 0 Å². The average Bonchev–Trinajstić information content (AvgIpc) is 3.21. The molecule has 2 aromatic heterocycles. The molecule has 3 heterocycles. The van der Waals surface area contributed by atoms with E-state index in [2.05, 4.69) is 0 Å². The Kier molecular flexibility index (Phi) is 4.74. The number of hydrogen-bond donors (Lipinski definition) is 1. The minimum absolute atomic E-state index is 0.391. The molecule has 24 heavy (non-hydrogen) atoms. The lowest BCUT2D eigenvalue weighted by Crippen LogP contribution is -2.41. The molecule has 0 aliphatic carbocycles. The number of halogens is 1. The molecule has 3 rings (SSSR count). The van der Waals surface area contributed by atoms with Gasteiger partial charge in [-0.15, -0.1) is 11.3 Å². The maximum Gasteiger partial charge on any atom is 0.525 e. The molecule has 0 unspecified atom stereocenters. The second-order valence-corrected chi connectivity index (χ2v) is 8.74. The van der Waals surface area contributed by atoms with Crippen LogP contribution in [-0.2, 0) is 15.9 Å². The van der Waals surface area contributed by atoms with Crippen molar-refractivity contribution < 1.29 is 13.7 Å². The first-order valence-corrected chi connectivity index (χ1v) is 9.58. The normalized spacial score (nSPS) is 20.3. The summed E-state index contributed by atoms with van der Waals surface area (Å²) in [7, 11) is -1.01. The van der Waals surface area contributed by atoms with Gasteiger partial charge in [-0.1, -0.05) is 0 Å². The van der Waals surface area contributed by atoms with Crippen LogP contribution in [0.3, 0.4) is 0 Å². The Labute approximate surface area is 150 Å². The van der Waals surface area contributed by atoms with E-state index in [0.717, 1.165) is 15.3 Å². The summed E-state index contributed by atoms with van der Waals surface area (Å²) in [6.07, 6.45) is 0. The number of hydrogen-bond acceptors (Lipinski definition) is 5. The quantitative estimate of drug-likeness (QED) is 0.804. The summed E-state index contributed by atoms with van der Waals surface area (Å²) < 4.78 is 27.2. The second kappa shape index (κ2) is 6.39. The van der Waals surface area contributed by atoms with E-state index >= 15 is 4.39 Å². The fraction of sp³-hybridized carbons (Fsp3) is 0.412. The molecule has 1 saturated heterocycles. The van der Waals surface area contributed by atoms with Gasteiger partial charge >= 0.3 is 7.12 Å². The van der Waals surface area contributed by atoms with E-state index in [9.17, 15) is 0 Å². The van der Waals surface area contributed by atoms with E-state index in [1.807, 2.05) is 56.7 Å². The number of rotatable bonds is 4. The largest absolute Gasteiger partial charge is 0.525 e. The summed E-state index contributed by atoms with van der Waals surface area (Å²) in [6.45, 7) is 8.12. The Morgan fingerprint density at radius 3 is 2.33 bits per heavy atom. The summed E-state index contributed by atoms with van der Waals surface area (Å²) in [4.78, 5) is 1.85. The highest BCUT2D eigenvalue weighted by Gasteiger charge is 2.53. The zero-order chi connectivity index (χ0) is 17.5. The van der Waals surface area contributed by atoms with Crippen molar-refractivity contribution in [2.24, 2.45) is 5.73 Å². The van der Waals surface area contributed by atoms with Crippen molar-refractivity contribution in [1.29, 1.82) is 0 Å². The SMILES string of the molecule is CC1(C)OB(C(F)=C(c2ccsc2)c2ccc(CN)s2)OC1(C)C. The molecule has 2 N–H and O–H groups in total. The predicted octanol–water partition coefficient (Wildman–Crippen LogP) is 4.63. The van der Waals surface area contributed by atoms with Crippen LogP contribution in [0.1, 0.15) is 43.0 Å². The fourth-order valence-corrected chi connectivity index (χ4v) is 4.09. The zero-order valence-electron chi connectivity index (χ0n) is 14.3. The molecule has 1 fully saturated rings. The van der Waals surface area contributed by atoms with Gasteiger partial charge in [0.2, 0.25) is 0 Å². The number of nitrogens with two attached hydrogens (primary N) is 1. The molecule has 0 bridgehead atoms. The fourth-order valence-electron chi connectivity index (χ4n) is 2.49. The van der Waals surface area contributed by atoms with E-state index in [4.69, 9.17) is 15.0 Å². The highest BCUT2D eigenvalue weighted by Crippen LogP contribution is 2.42. The van der Waals surface area contributed by atoms with Crippen LogP contribution in [0.25, 0.3) is 5.57 Å². The Morgan fingerprint density at radius 2 is 1.83 bits per heavy atom. The molecule has 0 amide bonds. The van der Waals surface area contributed by atoms with Gasteiger partial charge in [0.25, 0.3) is 0 Å². The molecule has 0 saturated carbocycles. The van der Waals surface area contributed by atoms with Crippen molar-refractivity contribution in [2.75, 3.05) is 0 Å². The van der Waals surface area contributed by atoms with Crippen LogP contribution in [0.4, 0.5) is 4.39 Å². The monoisotopic (exact) mass is 365 g/mol. The van der Waals surface area contributed by atoms with Crippen LogP contribution >= 0.6 is 22.7 Å². The van der Waals surface area contributed by atoms with Crippen LogP contribution < -0.4 is 5.73 Å². The zero-order valence-corrected chi connectivity index (χ0v) is 15.9. The molecular weight excluding hydrogens is 344 g/mol. The van der Waals surface area contributed by atoms with Gasteiger partial charge in [0.15, 0.2) is 0 Å². The van der Waals surface area contributed by atoms with Crippen LogP contribution in [-0.4, -0.2) is 18.3 Å². The first-order chi connectivity index (χ1) is 11.2. The van der Waals surface area contributed by atoms with E-state index in [-0.39, 0.29) is 0 Å². The van der Waals surface area contributed by atoms with Crippen molar-refractivity contribution in [1.82, 2.24) is 0 Å². The lowest BCUT2D eigenvalue weighted by atomic mass is 9.83. The van der Waals surface area contributed by atoms with Crippen molar-refractivity contribution in [3.05, 3.63) is 50.0 Å². The smallest absolute Gasteiger partial charge is 0.398 e. The van der Waals surface area contributed by atoms with E-state index in [1.165, 1.54) is 22.7 Å². The van der Waals surface area contributed by atoms with E-state index in [0.29, 0.717) is 12.1 Å². The first kappa shape index (κ1) is 17.8. The van der Waals surface area contributed by atoms with Gasteiger partial charge in [0, 0.05) is 21.9 Å². The van der Waals surface area contributed by atoms with E-state index in [1.54, 1.807) is 0 Å². The topological polar surface area (TPSA) is 44.5 Å². The van der Waals surface area contributed by atoms with Crippen molar-refractivity contribution in [2.45, 2.75) is 45.4 Å². The lowest BCUT2D eigenvalue weighted by Gasteiger charge is -2.32. The van der Waals surface area contributed by atoms with Gasteiger partial charge in [-0.05, 0) is 62.2 Å². The van der Waals surface area contributed by atoms with Gasteiger partial charge in [0.1, 0.15) is 5.73 Å². The third-order valence-corrected chi connectivity index (χ3v) is 6.43. The van der Waals surface area contributed by atoms with E-state index < -0.39 is 24.0 Å². The molecule has 0 atom stereocenters. The summed E-state index contributed by atoms with van der Waals surface area (Å²) in [5, 5.41) is 3.87. The maximum absolute atomic E-state index is 15.4. The molecule has 7 heteroatoms. The molecule has 128 valence electrons. The minimum Gasteiger partial charge on any atom is -0.398 e. The number of thiophene rings is 2. The molecule has 1 aliphatic heterocycles. The Morgan fingerprint density at radius 1 is 1.17 bits per heavy atom. The molecule has 0 radical (unpaired) electrons. The molecule has 0 spiro atoms. The minimum atomic E-state index is -1.01. The predicted molar refractivity (Wildman–Crippen MR) is 99.7 cm³/mol. The Bertz CT molecular complexity index is 736. The third-order valence-electron chi connectivity index (χ3n) is 4.62. The third kappa shape index (κ3) is 3.11. The lowest BCUT2D eigenvalue weighted by molar-refractivity contribution is 0.00578. The molecular formula is C17H21BFNO2S2. The van der Waals surface area contributed by atoms with Crippen molar-refractivity contribution >= 4 is 35.4 Å². The summed E-state index contributed by atoms with van der Waals surface area (Å²) in [5.41, 5.74) is 5.52. The summed E-state index contributed by atoms with van der Waals surface area (Å²) >= 11 is 3.03. The van der Waals surface area contributed by atoms with Gasteiger partial charge in [-0.25, -0.2) is 4.39 Å². The average molecular weight is 365 g/mol. The molecule has 0 aromatic carbocycles. The standard InChI is InChI=1S/C17H21BFNO2S2/c1-16(2)17(3,4)22-18(21-16)15(19)14(11-7-8-23-10-11)13-6-5-12(9-20)24-13/h5-8,10H,9,20H2,1-4H3. The second-order valence-electron chi connectivity index (χ2n) is 6.79. The van der Waals surface area contributed by atoms with Gasteiger partial charge in [-0.2, -0.15) is 11.3 Å². The highest BCUT2D eigenvalue weighted by molar-refractivity contribution is 7.13. The summed E-state index contributed by atoms with van der Waals surface area (Å²) in [6, 6.07) is 5.75. The van der Waals surface area contributed by atoms with Gasteiger partial charge in [-0.3, -0.25) is 0 Å².